The molecule has 0 unspecified atom stereocenters. The Kier molecular flexibility index (Phi) is 6.51. The largest absolute Gasteiger partial charge is 0.383 e. The van der Waals surface area contributed by atoms with Crippen LogP contribution in [0, 0.1) is 5.82 Å². The first-order valence-corrected chi connectivity index (χ1v) is 9.33. The van der Waals surface area contributed by atoms with Gasteiger partial charge in [0, 0.05) is 19.2 Å². The highest BCUT2D eigenvalue weighted by molar-refractivity contribution is 5.46. The van der Waals surface area contributed by atoms with E-state index < -0.39 is 0 Å². The number of benzene rings is 1. The van der Waals surface area contributed by atoms with E-state index in [1.54, 1.807) is 7.11 Å². The average Bonchev–Trinajstić information content (AvgIpc) is 3.13. The summed E-state index contributed by atoms with van der Waals surface area (Å²) in [5.74, 6) is 0.762. The number of halogens is 1. The van der Waals surface area contributed by atoms with E-state index in [1.165, 1.54) is 17.0 Å². The minimum atomic E-state index is -0.191. The SMILES string of the molecule is CCC[C@@H](c1nnnn1CCOC)[NH+]1CCN(c2ccc(F)cc2)CC1. The molecule has 1 aliphatic heterocycles. The van der Waals surface area contributed by atoms with Crippen LogP contribution in [0.4, 0.5) is 10.1 Å². The number of anilines is 1. The van der Waals surface area contributed by atoms with Crippen molar-refractivity contribution in [1.29, 1.82) is 0 Å². The molecule has 2 heterocycles. The van der Waals surface area contributed by atoms with Gasteiger partial charge in [0.1, 0.15) is 11.9 Å². The number of nitrogens with one attached hydrogen (secondary N) is 1. The molecule has 1 aromatic carbocycles. The summed E-state index contributed by atoms with van der Waals surface area (Å²) in [6, 6.07) is 7.06. The molecule has 1 aliphatic rings. The molecule has 0 radical (unpaired) electrons. The Morgan fingerprint density at radius 1 is 1.23 bits per heavy atom. The van der Waals surface area contributed by atoms with E-state index in [0.29, 0.717) is 19.2 Å². The Morgan fingerprint density at radius 3 is 2.62 bits per heavy atom. The number of methoxy groups -OCH3 is 1. The first kappa shape index (κ1) is 18.7. The first-order valence-electron chi connectivity index (χ1n) is 9.33. The second-order valence-corrected chi connectivity index (χ2v) is 6.72. The predicted molar refractivity (Wildman–Crippen MR) is 96.7 cm³/mol. The summed E-state index contributed by atoms with van der Waals surface area (Å²) in [5.41, 5.74) is 1.09. The first-order chi connectivity index (χ1) is 12.7. The van der Waals surface area contributed by atoms with Gasteiger partial charge >= 0.3 is 0 Å². The lowest BCUT2D eigenvalue weighted by atomic mass is 10.1. The topological polar surface area (TPSA) is 60.5 Å². The monoisotopic (exact) mass is 363 g/mol. The van der Waals surface area contributed by atoms with Crippen molar-refractivity contribution in [2.75, 3.05) is 44.8 Å². The van der Waals surface area contributed by atoms with Crippen molar-refractivity contribution in [2.24, 2.45) is 0 Å². The van der Waals surface area contributed by atoms with Gasteiger partial charge in [-0.2, -0.15) is 0 Å². The zero-order valence-electron chi connectivity index (χ0n) is 15.6. The number of rotatable bonds is 8. The molecule has 8 heteroatoms. The fourth-order valence-electron chi connectivity index (χ4n) is 3.66. The minimum absolute atomic E-state index is 0.191. The quantitative estimate of drug-likeness (QED) is 0.748. The number of hydrogen-bond acceptors (Lipinski definition) is 5. The van der Waals surface area contributed by atoms with Crippen LogP contribution in [0.2, 0.25) is 0 Å². The Bertz CT molecular complexity index is 669. The van der Waals surface area contributed by atoms with Crippen LogP contribution in [0.1, 0.15) is 31.6 Å². The second kappa shape index (κ2) is 9.05. The van der Waals surface area contributed by atoms with Crippen molar-refractivity contribution in [3.8, 4) is 0 Å². The third-order valence-corrected chi connectivity index (χ3v) is 5.05. The Morgan fingerprint density at radius 2 is 1.96 bits per heavy atom. The molecule has 0 spiro atoms. The van der Waals surface area contributed by atoms with E-state index in [2.05, 4.69) is 27.3 Å². The third-order valence-electron chi connectivity index (χ3n) is 5.05. The van der Waals surface area contributed by atoms with E-state index >= 15 is 0 Å². The third kappa shape index (κ3) is 4.37. The van der Waals surface area contributed by atoms with Gasteiger partial charge in [0.05, 0.1) is 39.3 Å². The summed E-state index contributed by atoms with van der Waals surface area (Å²) in [4.78, 5) is 3.83. The molecule has 142 valence electrons. The molecule has 1 atom stereocenters. The highest BCUT2D eigenvalue weighted by Crippen LogP contribution is 2.16. The lowest BCUT2D eigenvalue weighted by Crippen LogP contribution is -3.15. The molecule has 1 aromatic heterocycles. The standard InChI is InChI=1S/C18H27FN6O/c1-3-4-17(18-20-21-22-25(18)13-14-26-2)24-11-9-23(10-12-24)16-7-5-15(19)6-8-16/h5-8,17H,3-4,9-14H2,1-2H3/p+1/t17-/m0/s1. The Hall–Kier alpha value is -2.06. The van der Waals surface area contributed by atoms with Crippen LogP contribution >= 0.6 is 0 Å². The highest BCUT2D eigenvalue weighted by atomic mass is 19.1. The van der Waals surface area contributed by atoms with E-state index in [9.17, 15) is 4.39 Å². The van der Waals surface area contributed by atoms with Crippen LogP contribution < -0.4 is 9.80 Å². The molecule has 0 aliphatic carbocycles. The molecule has 0 amide bonds. The molecule has 3 rings (SSSR count). The van der Waals surface area contributed by atoms with Crippen LogP contribution in [0.15, 0.2) is 24.3 Å². The number of aromatic nitrogens is 4. The average molecular weight is 363 g/mol. The summed E-state index contributed by atoms with van der Waals surface area (Å²) < 4.78 is 20.2. The van der Waals surface area contributed by atoms with Gasteiger partial charge in [0.25, 0.3) is 0 Å². The van der Waals surface area contributed by atoms with Gasteiger partial charge in [0.15, 0.2) is 0 Å². The summed E-state index contributed by atoms with van der Waals surface area (Å²) >= 11 is 0. The lowest BCUT2D eigenvalue weighted by molar-refractivity contribution is -0.933. The van der Waals surface area contributed by atoms with Crippen molar-refractivity contribution in [1.82, 2.24) is 20.2 Å². The number of hydrogen-bond donors (Lipinski definition) is 1. The van der Waals surface area contributed by atoms with E-state index in [-0.39, 0.29) is 5.82 Å². The normalized spacial score (nSPS) is 16.8. The predicted octanol–water partition coefficient (Wildman–Crippen LogP) is 0.705. The maximum Gasteiger partial charge on any atom is 0.209 e. The van der Waals surface area contributed by atoms with E-state index in [1.807, 2.05) is 16.8 Å². The van der Waals surface area contributed by atoms with Crippen molar-refractivity contribution in [2.45, 2.75) is 32.4 Å². The van der Waals surface area contributed by atoms with Gasteiger partial charge in [-0.1, -0.05) is 13.3 Å². The van der Waals surface area contributed by atoms with Crippen LogP contribution in [0.3, 0.4) is 0 Å². The van der Waals surface area contributed by atoms with Gasteiger partial charge in [-0.15, -0.1) is 5.10 Å². The lowest BCUT2D eigenvalue weighted by Gasteiger charge is -2.37. The van der Waals surface area contributed by atoms with Gasteiger partial charge in [-0.05, 0) is 34.7 Å². The maximum absolute atomic E-state index is 13.1. The molecule has 1 saturated heterocycles. The van der Waals surface area contributed by atoms with Crippen molar-refractivity contribution < 1.29 is 14.0 Å². The van der Waals surface area contributed by atoms with Crippen molar-refractivity contribution >= 4 is 5.69 Å². The number of tetrazole rings is 1. The van der Waals surface area contributed by atoms with Crippen LogP contribution in [-0.2, 0) is 11.3 Å². The molecule has 0 bridgehead atoms. The summed E-state index contributed by atoms with van der Waals surface area (Å²) in [6.45, 7) is 7.39. The number of nitrogens with zero attached hydrogens (tertiary/aromatic N) is 5. The van der Waals surface area contributed by atoms with Crippen molar-refractivity contribution in [3.63, 3.8) is 0 Å². The van der Waals surface area contributed by atoms with Crippen LogP contribution in [0.25, 0.3) is 0 Å². The smallest absolute Gasteiger partial charge is 0.209 e. The molecule has 1 N–H and O–H groups in total. The molecule has 7 nitrogen and oxygen atoms in total. The number of piperazine rings is 1. The molecular formula is C18H28FN6O+. The van der Waals surface area contributed by atoms with E-state index in [0.717, 1.165) is 50.5 Å². The summed E-state index contributed by atoms with van der Waals surface area (Å²) in [7, 11) is 1.69. The molecular weight excluding hydrogens is 335 g/mol. The van der Waals surface area contributed by atoms with Gasteiger partial charge < -0.3 is 14.5 Å². The van der Waals surface area contributed by atoms with Gasteiger partial charge in [-0.3, -0.25) is 0 Å². The van der Waals surface area contributed by atoms with Crippen molar-refractivity contribution in [3.05, 3.63) is 35.9 Å². The number of ether oxygens (including phenoxy) is 1. The molecule has 1 fully saturated rings. The number of quaternary nitrogens is 1. The molecule has 26 heavy (non-hydrogen) atoms. The Balaban J connectivity index is 1.67. The molecule has 0 saturated carbocycles. The minimum Gasteiger partial charge on any atom is -0.383 e. The molecule has 2 aromatic rings. The van der Waals surface area contributed by atoms with Crippen LogP contribution in [0.5, 0.6) is 0 Å². The van der Waals surface area contributed by atoms with Gasteiger partial charge in [0.2, 0.25) is 5.82 Å². The van der Waals surface area contributed by atoms with Crippen LogP contribution in [-0.4, -0.2) is 60.1 Å². The van der Waals surface area contributed by atoms with Gasteiger partial charge in [-0.25, -0.2) is 9.07 Å². The zero-order valence-corrected chi connectivity index (χ0v) is 15.6. The maximum atomic E-state index is 13.1. The zero-order chi connectivity index (χ0) is 18.4. The fraction of sp³-hybridized carbons (Fsp3) is 0.611. The second-order valence-electron chi connectivity index (χ2n) is 6.72. The van der Waals surface area contributed by atoms with E-state index in [4.69, 9.17) is 4.74 Å². The summed E-state index contributed by atoms with van der Waals surface area (Å²) in [5, 5.41) is 12.4. The fourth-order valence-corrected chi connectivity index (χ4v) is 3.66. The highest BCUT2D eigenvalue weighted by Gasteiger charge is 2.32. The summed E-state index contributed by atoms with van der Waals surface area (Å²) in [6.07, 6.45) is 2.15. The Labute approximate surface area is 153 Å².